The summed E-state index contributed by atoms with van der Waals surface area (Å²) >= 11 is 0. The van der Waals surface area contributed by atoms with Gasteiger partial charge in [-0.05, 0) is 39.0 Å². The van der Waals surface area contributed by atoms with Crippen molar-refractivity contribution in [1.29, 1.82) is 0 Å². The molecule has 1 saturated heterocycles. The van der Waals surface area contributed by atoms with Crippen molar-refractivity contribution in [2.24, 2.45) is 0 Å². The minimum atomic E-state index is -0.657. The molecule has 3 aromatic rings. The molecule has 6 nitrogen and oxygen atoms in total. The second-order valence-electron chi connectivity index (χ2n) is 7.64. The zero-order valence-electron chi connectivity index (χ0n) is 15.6. The first kappa shape index (κ1) is 17.5. The second kappa shape index (κ2) is 6.39. The van der Waals surface area contributed by atoms with Gasteiger partial charge in [0.15, 0.2) is 0 Å². The van der Waals surface area contributed by atoms with E-state index in [0.29, 0.717) is 24.4 Å². The fourth-order valence-electron chi connectivity index (χ4n) is 3.74. The molecule has 4 rings (SSSR count). The lowest BCUT2D eigenvalue weighted by molar-refractivity contribution is -0.161. The quantitative estimate of drug-likeness (QED) is 0.669. The number of carbonyl (C=O) groups excluding carboxylic acids is 2. The van der Waals surface area contributed by atoms with Gasteiger partial charge in [0.05, 0.1) is 11.7 Å². The molecule has 0 aliphatic carbocycles. The minimum absolute atomic E-state index is 0.114. The van der Waals surface area contributed by atoms with Crippen molar-refractivity contribution in [3.8, 4) is 0 Å². The van der Waals surface area contributed by atoms with Gasteiger partial charge in [0.2, 0.25) is 0 Å². The molecule has 0 bridgehead atoms. The third-order valence-corrected chi connectivity index (χ3v) is 4.69. The summed E-state index contributed by atoms with van der Waals surface area (Å²) in [5.74, 6) is -1.21. The van der Waals surface area contributed by atoms with Gasteiger partial charge in [-0.1, -0.05) is 18.2 Å². The molecular formula is C21H22N2O4. The van der Waals surface area contributed by atoms with Crippen molar-refractivity contribution in [3.05, 3.63) is 42.5 Å². The van der Waals surface area contributed by atoms with Crippen LogP contribution < -0.4 is 5.32 Å². The molecule has 0 spiro atoms. The second-order valence-corrected chi connectivity index (χ2v) is 7.64. The highest BCUT2D eigenvalue weighted by Gasteiger charge is 2.35. The fourth-order valence-corrected chi connectivity index (χ4v) is 3.74. The predicted molar refractivity (Wildman–Crippen MR) is 104 cm³/mol. The van der Waals surface area contributed by atoms with Crippen LogP contribution in [-0.2, 0) is 14.3 Å². The van der Waals surface area contributed by atoms with Crippen LogP contribution in [0, 0.1) is 0 Å². The molecule has 0 saturated carbocycles. The number of hydrogen-bond donors (Lipinski definition) is 1. The Morgan fingerprint density at radius 2 is 1.85 bits per heavy atom. The Hall–Kier alpha value is -2.86. The Morgan fingerprint density at radius 3 is 2.63 bits per heavy atom. The number of fused-ring (bicyclic) bond motifs is 3. The molecule has 140 valence electrons. The lowest BCUT2D eigenvalue weighted by Gasteiger charge is -2.41. The maximum Gasteiger partial charge on any atom is 0.313 e. The van der Waals surface area contributed by atoms with Crippen LogP contribution in [-0.4, -0.2) is 41.5 Å². The van der Waals surface area contributed by atoms with Gasteiger partial charge in [-0.3, -0.25) is 9.59 Å². The van der Waals surface area contributed by atoms with Crippen molar-refractivity contribution in [2.45, 2.75) is 32.5 Å². The summed E-state index contributed by atoms with van der Waals surface area (Å²) in [5, 5.41) is 4.68. The Kier molecular flexibility index (Phi) is 4.15. The highest BCUT2D eigenvalue weighted by atomic mass is 16.5. The zero-order valence-corrected chi connectivity index (χ0v) is 15.6. The number of amides is 2. The molecule has 1 fully saturated rings. The molecule has 1 aliphatic heterocycles. The topological polar surface area (TPSA) is 71.8 Å². The summed E-state index contributed by atoms with van der Waals surface area (Å²) in [6, 6.07) is 13.2. The molecule has 0 radical (unpaired) electrons. The summed E-state index contributed by atoms with van der Waals surface area (Å²) in [6.45, 7) is 6.51. The molecule has 2 aromatic carbocycles. The van der Waals surface area contributed by atoms with Gasteiger partial charge in [0.1, 0.15) is 11.2 Å². The average Bonchev–Trinajstić information content (AvgIpc) is 2.97. The molecule has 27 heavy (non-hydrogen) atoms. The number of nitrogens with zero attached hydrogens (tertiary/aromatic N) is 1. The number of hydrogen-bond acceptors (Lipinski definition) is 4. The summed E-state index contributed by atoms with van der Waals surface area (Å²) in [5.41, 5.74) is 1.51. The normalized spacial score (nSPS) is 19.4. The maximum absolute atomic E-state index is 12.6. The van der Waals surface area contributed by atoms with Crippen LogP contribution in [0.25, 0.3) is 21.9 Å². The fraction of sp³-hybridized carbons (Fsp3) is 0.333. The Labute approximate surface area is 157 Å². The number of nitrogens with one attached hydrogen (secondary N) is 1. The van der Waals surface area contributed by atoms with Gasteiger partial charge in [-0.25, -0.2) is 0 Å². The van der Waals surface area contributed by atoms with Crippen molar-refractivity contribution in [3.63, 3.8) is 0 Å². The number of rotatable bonds is 1. The number of morpholine rings is 1. The minimum Gasteiger partial charge on any atom is -0.456 e. The summed E-state index contributed by atoms with van der Waals surface area (Å²) < 4.78 is 11.6. The highest BCUT2D eigenvalue weighted by Crippen LogP contribution is 2.30. The van der Waals surface area contributed by atoms with Gasteiger partial charge in [0.25, 0.3) is 0 Å². The van der Waals surface area contributed by atoms with Crippen LogP contribution in [0.4, 0.5) is 5.69 Å². The third kappa shape index (κ3) is 3.40. The molecule has 0 unspecified atom stereocenters. The first-order valence-corrected chi connectivity index (χ1v) is 9.02. The molecule has 1 aromatic heterocycles. The number of anilines is 1. The van der Waals surface area contributed by atoms with Crippen LogP contribution >= 0.6 is 0 Å². The Balaban J connectivity index is 1.53. The van der Waals surface area contributed by atoms with E-state index in [1.54, 1.807) is 17.0 Å². The molecular weight excluding hydrogens is 344 g/mol. The van der Waals surface area contributed by atoms with Gasteiger partial charge in [-0.15, -0.1) is 0 Å². The predicted octanol–water partition coefficient (Wildman–Crippen LogP) is 3.55. The van der Waals surface area contributed by atoms with Crippen LogP contribution in [0.15, 0.2) is 46.9 Å². The van der Waals surface area contributed by atoms with Crippen LogP contribution in [0.1, 0.15) is 20.8 Å². The molecule has 1 atom stereocenters. The lowest BCUT2D eigenvalue weighted by atomic mass is 10.1. The lowest BCUT2D eigenvalue weighted by Crippen LogP contribution is -2.56. The molecule has 2 amide bonds. The van der Waals surface area contributed by atoms with Gasteiger partial charge >= 0.3 is 11.8 Å². The first-order valence-electron chi connectivity index (χ1n) is 9.02. The van der Waals surface area contributed by atoms with Crippen LogP contribution in [0.2, 0.25) is 0 Å². The van der Waals surface area contributed by atoms with Crippen LogP contribution in [0.5, 0.6) is 0 Å². The highest BCUT2D eigenvalue weighted by molar-refractivity contribution is 6.39. The smallest absolute Gasteiger partial charge is 0.313 e. The first-order chi connectivity index (χ1) is 12.8. The van der Waals surface area contributed by atoms with Crippen molar-refractivity contribution in [1.82, 2.24) is 4.90 Å². The van der Waals surface area contributed by atoms with E-state index in [-0.39, 0.29) is 6.10 Å². The zero-order chi connectivity index (χ0) is 19.2. The SMILES string of the molecule is C[C@@H]1CN(C(=O)C(=O)Nc2ccc3c(c2)oc2ccccc23)CC(C)(C)O1. The third-order valence-electron chi connectivity index (χ3n) is 4.69. The van der Waals surface area contributed by atoms with E-state index in [9.17, 15) is 9.59 Å². The standard InChI is InChI=1S/C21H22N2O4/c1-13-11-23(12-21(2,3)27-13)20(25)19(24)22-14-8-9-16-15-6-4-5-7-17(15)26-18(16)10-14/h4-10,13H,11-12H2,1-3H3,(H,22,24)/t13-/m1/s1. The van der Waals surface area contributed by atoms with E-state index in [4.69, 9.17) is 9.15 Å². The summed E-state index contributed by atoms with van der Waals surface area (Å²) in [6.07, 6.45) is -0.114. The Morgan fingerprint density at radius 1 is 1.11 bits per heavy atom. The van der Waals surface area contributed by atoms with Crippen molar-refractivity contribution >= 4 is 39.4 Å². The van der Waals surface area contributed by atoms with Crippen LogP contribution in [0.3, 0.4) is 0 Å². The number of benzene rings is 2. The van der Waals surface area contributed by atoms with Gasteiger partial charge in [-0.2, -0.15) is 0 Å². The number of ether oxygens (including phenoxy) is 1. The average molecular weight is 366 g/mol. The van der Waals surface area contributed by atoms with Crippen molar-refractivity contribution in [2.75, 3.05) is 18.4 Å². The molecule has 2 heterocycles. The van der Waals surface area contributed by atoms with E-state index < -0.39 is 17.4 Å². The van der Waals surface area contributed by atoms with E-state index in [0.717, 1.165) is 16.4 Å². The molecule has 1 N–H and O–H groups in total. The monoisotopic (exact) mass is 366 g/mol. The number of furan rings is 1. The maximum atomic E-state index is 12.6. The van der Waals surface area contributed by atoms with E-state index in [1.807, 2.05) is 51.1 Å². The summed E-state index contributed by atoms with van der Waals surface area (Å²) in [7, 11) is 0. The van der Waals surface area contributed by atoms with Crippen molar-refractivity contribution < 1.29 is 18.7 Å². The van der Waals surface area contributed by atoms with Gasteiger partial charge in [0, 0.05) is 35.6 Å². The Bertz CT molecular complexity index is 1040. The van der Waals surface area contributed by atoms with E-state index in [1.165, 1.54) is 0 Å². The van der Waals surface area contributed by atoms with Gasteiger partial charge < -0.3 is 19.4 Å². The molecule has 1 aliphatic rings. The molecule has 6 heteroatoms. The number of carbonyl (C=O) groups is 2. The number of para-hydroxylation sites is 1. The van der Waals surface area contributed by atoms with E-state index in [2.05, 4.69) is 5.32 Å². The van der Waals surface area contributed by atoms with E-state index >= 15 is 0 Å². The summed E-state index contributed by atoms with van der Waals surface area (Å²) in [4.78, 5) is 26.6. The largest absolute Gasteiger partial charge is 0.456 e.